The maximum absolute atomic E-state index is 4.01. The predicted octanol–water partition coefficient (Wildman–Crippen LogP) is 5.11. The Bertz CT molecular complexity index is 510. The predicted molar refractivity (Wildman–Crippen MR) is 82.2 cm³/mol. The van der Waals surface area contributed by atoms with E-state index in [4.69, 9.17) is 0 Å². The van der Waals surface area contributed by atoms with Crippen LogP contribution in [-0.2, 0) is 0 Å². The minimum absolute atomic E-state index is 0.866. The second kappa shape index (κ2) is 7.08. The SMILES string of the molecule is C=CC=CC(=C)C(=C)C=C(C=C)c1ccccc1. The largest absolute Gasteiger partial charge is 0.0991 e. The molecule has 0 heterocycles. The molecule has 0 unspecified atom stereocenters. The molecule has 0 amide bonds. The summed E-state index contributed by atoms with van der Waals surface area (Å²) in [4.78, 5) is 0. The van der Waals surface area contributed by atoms with Gasteiger partial charge in [0.05, 0.1) is 0 Å². The second-order valence-corrected chi connectivity index (χ2v) is 3.82. The average molecular weight is 234 g/mol. The van der Waals surface area contributed by atoms with Gasteiger partial charge < -0.3 is 0 Å². The van der Waals surface area contributed by atoms with E-state index in [9.17, 15) is 0 Å². The van der Waals surface area contributed by atoms with Crippen LogP contribution in [0.5, 0.6) is 0 Å². The first kappa shape index (κ1) is 13.7. The molecular formula is C18H18. The van der Waals surface area contributed by atoms with Crippen LogP contribution in [0.3, 0.4) is 0 Å². The molecule has 90 valence electrons. The van der Waals surface area contributed by atoms with Crippen molar-refractivity contribution < 1.29 is 0 Å². The van der Waals surface area contributed by atoms with Gasteiger partial charge in [0.15, 0.2) is 0 Å². The topological polar surface area (TPSA) is 0 Å². The van der Waals surface area contributed by atoms with Crippen molar-refractivity contribution in [2.24, 2.45) is 0 Å². The van der Waals surface area contributed by atoms with Crippen molar-refractivity contribution in [3.8, 4) is 0 Å². The van der Waals surface area contributed by atoms with Crippen molar-refractivity contribution in [2.45, 2.75) is 0 Å². The fraction of sp³-hybridized carbons (Fsp3) is 0. The summed E-state index contributed by atoms with van der Waals surface area (Å²) >= 11 is 0. The third-order valence-corrected chi connectivity index (χ3v) is 2.50. The van der Waals surface area contributed by atoms with Gasteiger partial charge in [0.25, 0.3) is 0 Å². The normalized spacial score (nSPS) is 11.2. The summed E-state index contributed by atoms with van der Waals surface area (Å²) in [5.74, 6) is 0. The van der Waals surface area contributed by atoms with Crippen LogP contribution in [-0.4, -0.2) is 0 Å². The molecule has 0 aliphatic rings. The smallest absolute Gasteiger partial charge is 0.0184 e. The number of allylic oxidation sites excluding steroid dienone is 8. The number of hydrogen-bond donors (Lipinski definition) is 0. The van der Waals surface area contributed by atoms with E-state index >= 15 is 0 Å². The monoisotopic (exact) mass is 234 g/mol. The highest BCUT2D eigenvalue weighted by atomic mass is 14.0. The van der Waals surface area contributed by atoms with Gasteiger partial charge in [-0.05, 0) is 28.4 Å². The Hall–Kier alpha value is -2.34. The number of rotatable bonds is 6. The Balaban J connectivity index is 2.96. The first-order chi connectivity index (χ1) is 8.69. The van der Waals surface area contributed by atoms with E-state index in [1.807, 2.05) is 54.6 Å². The second-order valence-electron chi connectivity index (χ2n) is 3.82. The summed E-state index contributed by atoms with van der Waals surface area (Å²) in [6, 6.07) is 10.1. The van der Waals surface area contributed by atoms with Crippen molar-refractivity contribution in [3.05, 3.63) is 104 Å². The highest BCUT2D eigenvalue weighted by molar-refractivity contribution is 5.76. The van der Waals surface area contributed by atoms with Gasteiger partial charge in [-0.15, -0.1) is 0 Å². The molecule has 0 radical (unpaired) electrons. The Morgan fingerprint density at radius 1 is 0.944 bits per heavy atom. The minimum atomic E-state index is 0.866. The van der Waals surface area contributed by atoms with E-state index in [1.165, 1.54) is 0 Å². The molecule has 1 aromatic rings. The molecule has 0 aromatic heterocycles. The Labute approximate surface area is 110 Å². The maximum atomic E-state index is 4.01. The van der Waals surface area contributed by atoms with Gasteiger partial charge >= 0.3 is 0 Å². The molecule has 0 bridgehead atoms. The molecule has 0 spiro atoms. The summed E-state index contributed by atoms with van der Waals surface area (Å²) in [7, 11) is 0. The molecule has 0 atom stereocenters. The molecule has 0 saturated heterocycles. The van der Waals surface area contributed by atoms with Gasteiger partial charge in [-0.2, -0.15) is 0 Å². The van der Waals surface area contributed by atoms with Crippen LogP contribution >= 0.6 is 0 Å². The van der Waals surface area contributed by atoms with Crippen molar-refractivity contribution >= 4 is 5.57 Å². The van der Waals surface area contributed by atoms with Crippen molar-refractivity contribution in [1.82, 2.24) is 0 Å². The molecule has 0 fully saturated rings. The van der Waals surface area contributed by atoms with Crippen molar-refractivity contribution in [1.29, 1.82) is 0 Å². The zero-order valence-corrected chi connectivity index (χ0v) is 10.6. The molecule has 0 saturated carbocycles. The fourth-order valence-corrected chi connectivity index (χ4v) is 1.46. The first-order valence-electron chi connectivity index (χ1n) is 5.76. The highest BCUT2D eigenvalue weighted by Gasteiger charge is 1.98. The van der Waals surface area contributed by atoms with Crippen molar-refractivity contribution in [3.63, 3.8) is 0 Å². The van der Waals surface area contributed by atoms with Crippen LogP contribution in [0.25, 0.3) is 5.57 Å². The third-order valence-electron chi connectivity index (χ3n) is 2.50. The lowest BCUT2D eigenvalue weighted by Crippen LogP contribution is -1.84. The molecule has 0 heteroatoms. The summed E-state index contributed by atoms with van der Waals surface area (Å²) in [5, 5.41) is 0. The van der Waals surface area contributed by atoms with Gasteiger partial charge in [0.1, 0.15) is 0 Å². The molecule has 0 nitrogen and oxygen atoms in total. The van der Waals surface area contributed by atoms with Crippen LogP contribution in [0.1, 0.15) is 5.56 Å². The first-order valence-corrected chi connectivity index (χ1v) is 5.76. The minimum Gasteiger partial charge on any atom is -0.0991 e. The van der Waals surface area contributed by atoms with Crippen LogP contribution in [0.15, 0.2) is 98.2 Å². The summed E-state index contributed by atoms with van der Waals surface area (Å²) in [6.07, 6.45) is 9.26. The molecule has 18 heavy (non-hydrogen) atoms. The molecule has 1 aromatic carbocycles. The van der Waals surface area contributed by atoms with E-state index in [0.717, 1.165) is 22.3 Å². The van der Waals surface area contributed by atoms with Crippen LogP contribution in [0.2, 0.25) is 0 Å². The third kappa shape index (κ3) is 3.91. The number of hydrogen-bond acceptors (Lipinski definition) is 0. The molecular weight excluding hydrogens is 216 g/mol. The van der Waals surface area contributed by atoms with Gasteiger partial charge in [0, 0.05) is 0 Å². The van der Waals surface area contributed by atoms with Crippen molar-refractivity contribution in [2.75, 3.05) is 0 Å². The lowest BCUT2D eigenvalue weighted by atomic mass is 10.0. The summed E-state index contributed by atoms with van der Waals surface area (Å²) in [6.45, 7) is 15.4. The molecule has 0 N–H and O–H groups in total. The van der Waals surface area contributed by atoms with E-state index in [2.05, 4.69) is 26.3 Å². The standard InChI is InChI=1S/C18H18/c1-5-7-11-15(3)16(4)14-17(6-2)18-12-9-8-10-13-18/h5-14H,1-4H2. The van der Waals surface area contributed by atoms with E-state index in [1.54, 1.807) is 6.08 Å². The Morgan fingerprint density at radius 3 is 2.17 bits per heavy atom. The highest BCUT2D eigenvalue weighted by Crippen LogP contribution is 2.19. The Kier molecular flexibility index (Phi) is 5.40. The summed E-state index contributed by atoms with van der Waals surface area (Å²) < 4.78 is 0. The summed E-state index contributed by atoms with van der Waals surface area (Å²) in [5.41, 5.74) is 3.89. The molecule has 1 rings (SSSR count). The lowest BCUT2D eigenvalue weighted by Gasteiger charge is -2.05. The Morgan fingerprint density at radius 2 is 1.61 bits per heavy atom. The zero-order valence-electron chi connectivity index (χ0n) is 10.6. The molecule has 0 aliphatic carbocycles. The fourth-order valence-electron chi connectivity index (χ4n) is 1.46. The van der Waals surface area contributed by atoms with E-state index < -0.39 is 0 Å². The van der Waals surface area contributed by atoms with Gasteiger partial charge in [-0.3, -0.25) is 0 Å². The van der Waals surface area contributed by atoms with Gasteiger partial charge in [-0.25, -0.2) is 0 Å². The van der Waals surface area contributed by atoms with Gasteiger partial charge in [0.2, 0.25) is 0 Å². The average Bonchev–Trinajstić information content (AvgIpc) is 2.42. The van der Waals surface area contributed by atoms with Gasteiger partial charge in [-0.1, -0.05) is 81.0 Å². The lowest BCUT2D eigenvalue weighted by molar-refractivity contribution is 1.57. The maximum Gasteiger partial charge on any atom is -0.0184 e. The van der Waals surface area contributed by atoms with E-state index in [0.29, 0.717) is 0 Å². The number of benzene rings is 1. The van der Waals surface area contributed by atoms with Crippen LogP contribution in [0, 0.1) is 0 Å². The quantitative estimate of drug-likeness (QED) is 0.600. The molecule has 0 aliphatic heterocycles. The zero-order chi connectivity index (χ0) is 13.4. The van der Waals surface area contributed by atoms with Crippen LogP contribution < -0.4 is 0 Å². The van der Waals surface area contributed by atoms with Crippen LogP contribution in [0.4, 0.5) is 0 Å². The van der Waals surface area contributed by atoms with E-state index in [-0.39, 0.29) is 0 Å².